The number of halogens is 1. The number of benzene rings is 1. The van der Waals surface area contributed by atoms with Gasteiger partial charge < -0.3 is 5.32 Å². The molecule has 116 valence electrons. The van der Waals surface area contributed by atoms with E-state index >= 15 is 0 Å². The van der Waals surface area contributed by atoms with E-state index in [4.69, 9.17) is 11.6 Å². The van der Waals surface area contributed by atoms with Crippen LogP contribution in [0.2, 0.25) is 5.02 Å². The molecule has 22 heavy (non-hydrogen) atoms. The molecule has 1 saturated heterocycles. The number of amides is 4. The van der Waals surface area contributed by atoms with E-state index in [2.05, 4.69) is 11.9 Å². The van der Waals surface area contributed by atoms with Crippen LogP contribution < -0.4 is 10.2 Å². The van der Waals surface area contributed by atoms with Crippen LogP contribution >= 0.6 is 11.6 Å². The van der Waals surface area contributed by atoms with E-state index in [-0.39, 0.29) is 13.1 Å². The van der Waals surface area contributed by atoms with Crippen molar-refractivity contribution < 1.29 is 14.4 Å². The van der Waals surface area contributed by atoms with Crippen molar-refractivity contribution in [3.63, 3.8) is 0 Å². The smallest absolute Gasteiger partial charge is 0.332 e. The van der Waals surface area contributed by atoms with Crippen LogP contribution in [0.4, 0.5) is 10.5 Å². The molecule has 1 aliphatic rings. The van der Waals surface area contributed by atoms with Crippen molar-refractivity contribution in [3.8, 4) is 0 Å². The maximum absolute atomic E-state index is 12.4. The molecule has 7 heteroatoms. The maximum Gasteiger partial charge on any atom is 0.332 e. The lowest BCUT2D eigenvalue weighted by Gasteiger charge is -2.19. The molecule has 0 radical (unpaired) electrons. The Balaban J connectivity index is 2.17. The van der Waals surface area contributed by atoms with E-state index in [1.807, 2.05) is 0 Å². The topological polar surface area (TPSA) is 69.7 Å². The van der Waals surface area contributed by atoms with Crippen molar-refractivity contribution in [3.05, 3.63) is 41.9 Å². The summed E-state index contributed by atoms with van der Waals surface area (Å²) >= 11 is 5.82. The van der Waals surface area contributed by atoms with Crippen LogP contribution in [-0.4, -0.2) is 41.9 Å². The summed E-state index contributed by atoms with van der Waals surface area (Å²) < 4.78 is 0. The molecular weight excluding hydrogens is 306 g/mol. The van der Waals surface area contributed by atoms with E-state index in [1.165, 1.54) is 11.0 Å². The molecule has 4 amide bonds. The number of urea groups is 1. The second kappa shape index (κ2) is 6.62. The standard InChI is InChI=1S/C15H16ClN3O3/c1-3-8-17-13(20)9-18-14(21)10(2)19(15(18)22)12-6-4-11(16)5-7-12/h3-7,10H,1,8-9H2,2H3,(H,17,20). The van der Waals surface area contributed by atoms with Gasteiger partial charge in [-0.3, -0.25) is 19.4 Å². The molecule has 0 spiro atoms. The minimum absolute atomic E-state index is 0.283. The summed E-state index contributed by atoms with van der Waals surface area (Å²) in [5, 5.41) is 3.08. The summed E-state index contributed by atoms with van der Waals surface area (Å²) in [6.07, 6.45) is 1.52. The normalized spacial score (nSPS) is 17.8. The number of anilines is 1. The quantitative estimate of drug-likeness (QED) is 0.664. The predicted octanol–water partition coefficient (Wildman–Crippen LogP) is 1.80. The van der Waals surface area contributed by atoms with Crippen molar-refractivity contribution in [2.45, 2.75) is 13.0 Å². The van der Waals surface area contributed by atoms with Crippen LogP contribution in [0.5, 0.6) is 0 Å². The molecule has 0 saturated carbocycles. The van der Waals surface area contributed by atoms with Crippen LogP contribution in [0.25, 0.3) is 0 Å². The van der Waals surface area contributed by atoms with Crippen LogP contribution in [0.15, 0.2) is 36.9 Å². The Morgan fingerprint density at radius 3 is 2.59 bits per heavy atom. The Hall–Kier alpha value is -2.34. The van der Waals surface area contributed by atoms with Crippen LogP contribution in [0, 0.1) is 0 Å². The van der Waals surface area contributed by atoms with Crippen LogP contribution in [0.3, 0.4) is 0 Å². The van der Waals surface area contributed by atoms with Gasteiger partial charge in [0.2, 0.25) is 5.91 Å². The van der Waals surface area contributed by atoms with Gasteiger partial charge in [-0.1, -0.05) is 17.7 Å². The minimum atomic E-state index is -0.666. The third-order valence-electron chi connectivity index (χ3n) is 3.30. The molecule has 1 aliphatic heterocycles. The summed E-state index contributed by atoms with van der Waals surface area (Å²) in [4.78, 5) is 38.6. The van der Waals surface area contributed by atoms with E-state index < -0.39 is 23.9 Å². The van der Waals surface area contributed by atoms with Gasteiger partial charge in [0.15, 0.2) is 0 Å². The number of nitrogens with one attached hydrogen (secondary N) is 1. The number of carbonyl (C=O) groups is 3. The zero-order chi connectivity index (χ0) is 16.3. The SMILES string of the molecule is C=CCNC(=O)CN1C(=O)C(C)N(c2ccc(Cl)cc2)C1=O. The van der Waals surface area contributed by atoms with Gasteiger partial charge in [-0.2, -0.15) is 0 Å². The van der Waals surface area contributed by atoms with E-state index in [1.54, 1.807) is 31.2 Å². The minimum Gasteiger partial charge on any atom is -0.351 e. The predicted molar refractivity (Wildman–Crippen MR) is 83.7 cm³/mol. The lowest BCUT2D eigenvalue weighted by molar-refractivity contribution is -0.131. The molecule has 1 fully saturated rings. The Morgan fingerprint density at radius 1 is 1.36 bits per heavy atom. The van der Waals surface area contributed by atoms with Gasteiger partial charge in [0.25, 0.3) is 5.91 Å². The van der Waals surface area contributed by atoms with Crippen molar-refractivity contribution >= 4 is 35.1 Å². The highest BCUT2D eigenvalue weighted by Gasteiger charge is 2.43. The lowest BCUT2D eigenvalue weighted by atomic mass is 10.2. The molecule has 1 aromatic rings. The molecule has 0 bridgehead atoms. The molecule has 1 unspecified atom stereocenters. The molecule has 1 heterocycles. The summed E-state index contributed by atoms with van der Waals surface area (Å²) in [5.74, 6) is -0.819. The Labute approximate surface area is 133 Å². The third-order valence-corrected chi connectivity index (χ3v) is 3.55. The molecule has 0 aromatic heterocycles. The van der Waals surface area contributed by atoms with Gasteiger partial charge in [-0.25, -0.2) is 4.79 Å². The number of nitrogens with zero attached hydrogens (tertiary/aromatic N) is 2. The van der Waals surface area contributed by atoms with Gasteiger partial charge in [-0.15, -0.1) is 6.58 Å². The Kier molecular flexibility index (Phi) is 4.82. The number of carbonyl (C=O) groups excluding carboxylic acids is 3. The lowest BCUT2D eigenvalue weighted by Crippen LogP contribution is -2.41. The number of imide groups is 1. The molecule has 2 rings (SSSR count). The van der Waals surface area contributed by atoms with E-state index in [0.717, 1.165) is 4.90 Å². The van der Waals surface area contributed by atoms with E-state index in [0.29, 0.717) is 10.7 Å². The molecule has 1 N–H and O–H groups in total. The van der Waals surface area contributed by atoms with Gasteiger partial charge in [0, 0.05) is 17.3 Å². The van der Waals surface area contributed by atoms with Crippen molar-refractivity contribution in [2.24, 2.45) is 0 Å². The number of hydrogen-bond donors (Lipinski definition) is 1. The largest absolute Gasteiger partial charge is 0.351 e. The zero-order valence-electron chi connectivity index (χ0n) is 12.1. The fraction of sp³-hybridized carbons (Fsp3) is 0.267. The second-order valence-electron chi connectivity index (χ2n) is 4.82. The molecular formula is C15H16ClN3O3. The van der Waals surface area contributed by atoms with Crippen LogP contribution in [0.1, 0.15) is 6.92 Å². The average molecular weight is 322 g/mol. The highest BCUT2D eigenvalue weighted by molar-refractivity contribution is 6.30. The molecule has 6 nitrogen and oxygen atoms in total. The molecule has 0 aliphatic carbocycles. The first-order valence-corrected chi connectivity index (χ1v) is 7.11. The van der Waals surface area contributed by atoms with Crippen LogP contribution in [-0.2, 0) is 9.59 Å². The van der Waals surface area contributed by atoms with E-state index in [9.17, 15) is 14.4 Å². The van der Waals surface area contributed by atoms with Gasteiger partial charge in [-0.05, 0) is 31.2 Å². The zero-order valence-corrected chi connectivity index (χ0v) is 12.8. The highest BCUT2D eigenvalue weighted by Crippen LogP contribution is 2.26. The summed E-state index contributed by atoms with van der Waals surface area (Å²) in [6, 6.07) is 5.41. The van der Waals surface area contributed by atoms with Crippen molar-refractivity contribution in [1.82, 2.24) is 10.2 Å². The average Bonchev–Trinajstić information content (AvgIpc) is 2.70. The Bertz CT molecular complexity index is 615. The summed E-state index contributed by atoms with van der Waals surface area (Å²) in [6.45, 7) is 5.08. The summed E-state index contributed by atoms with van der Waals surface area (Å²) in [5.41, 5.74) is 0.559. The fourth-order valence-electron chi connectivity index (χ4n) is 2.19. The van der Waals surface area contributed by atoms with Crippen molar-refractivity contribution in [1.29, 1.82) is 0 Å². The maximum atomic E-state index is 12.4. The van der Waals surface area contributed by atoms with Gasteiger partial charge in [0.05, 0.1) is 0 Å². The summed E-state index contributed by atoms with van der Waals surface area (Å²) in [7, 11) is 0. The molecule has 1 atom stereocenters. The third kappa shape index (κ3) is 3.12. The second-order valence-corrected chi connectivity index (χ2v) is 5.26. The monoisotopic (exact) mass is 321 g/mol. The highest BCUT2D eigenvalue weighted by atomic mass is 35.5. The van der Waals surface area contributed by atoms with Gasteiger partial charge >= 0.3 is 6.03 Å². The van der Waals surface area contributed by atoms with Gasteiger partial charge in [0.1, 0.15) is 12.6 Å². The first-order valence-electron chi connectivity index (χ1n) is 6.73. The number of hydrogen-bond acceptors (Lipinski definition) is 3. The first kappa shape index (κ1) is 16.0. The number of rotatable bonds is 5. The Morgan fingerprint density at radius 2 is 2.00 bits per heavy atom. The first-order chi connectivity index (χ1) is 10.5. The molecule has 1 aromatic carbocycles. The van der Waals surface area contributed by atoms with Crippen molar-refractivity contribution in [2.75, 3.05) is 18.0 Å². The fourth-order valence-corrected chi connectivity index (χ4v) is 2.32.